The van der Waals surface area contributed by atoms with Crippen molar-refractivity contribution in [3.8, 4) is 0 Å². The van der Waals surface area contributed by atoms with Gasteiger partial charge in [0.25, 0.3) is 0 Å². The Morgan fingerprint density at radius 2 is 1.32 bits per heavy atom. The van der Waals surface area contributed by atoms with Crippen LogP contribution in [-0.2, 0) is 14.3 Å². The lowest BCUT2D eigenvalue weighted by atomic mass is 10.1. The van der Waals surface area contributed by atoms with Gasteiger partial charge in [0.15, 0.2) is 0 Å². The first-order valence-electron chi connectivity index (χ1n) is 10.6. The summed E-state index contributed by atoms with van der Waals surface area (Å²) < 4.78 is 10.3. The minimum absolute atomic E-state index is 0.279. The maximum Gasteiger partial charge on any atom is 0.325 e. The third kappa shape index (κ3) is 7.50. The monoisotopic (exact) mass is 421 g/mol. The van der Waals surface area contributed by atoms with E-state index >= 15 is 0 Å². The second-order valence-electron chi connectivity index (χ2n) is 7.94. The lowest BCUT2D eigenvalue weighted by Gasteiger charge is -2.27. The van der Waals surface area contributed by atoms with Gasteiger partial charge in [-0.25, -0.2) is 0 Å². The molecular formula is C27H35NO3. The van der Waals surface area contributed by atoms with E-state index < -0.39 is 6.04 Å². The van der Waals surface area contributed by atoms with Gasteiger partial charge in [0, 0.05) is 20.2 Å². The molecule has 2 aromatic rings. The zero-order valence-electron chi connectivity index (χ0n) is 19.6. The first kappa shape index (κ1) is 24.6. The van der Waals surface area contributed by atoms with Crippen LogP contribution in [0.15, 0.2) is 48.6 Å². The molecule has 166 valence electrons. The van der Waals surface area contributed by atoms with Crippen LogP contribution in [-0.4, -0.2) is 50.8 Å². The molecule has 0 bridgehead atoms. The fourth-order valence-corrected chi connectivity index (χ4v) is 3.33. The number of aryl methyl sites for hydroxylation is 4. The summed E-state index contributed by atoms with van der Waals surface area (Å²) in [4.78, 5) is 14.4. The molecule has 0 heterocycles. The van der Waals surface area contributed by atoms with E-state index in [1.54, 1.807) is 7.11 Å². The van der Waals surface area contributed by atoms with Crippen molar-refractivity contribution >= 4 is 18.1 Å². The highest BCUT2D eigenvalue weighted by atomic mass is 16.5. The molecule has 4 heteroatoms. The highest BCUT2D eigenvalue weighted by Crippen LogP contribution is 2.13. The van der Waals surface area contributed by atoms with Gasteiger partial charge >= 0.3 is 5.97 Å². The molecule has 0 aliphatic rings. The highest BCUT2D eigenvalue weighted by Gasteiger charge is 2.25. The van der Waals surface area contributed by atoms with E-state index in [2.05, 4.69) is 93.3 Å². The molecule has 0 fully saturated rings. The van der Waals surface area contributed by atoms with Crippen molar-refractivity contribution in [2.45, 2.75) is 33.7 Å². The third-order valence-corrected chi connectivity index (χ3v) is 5.60. The zero-order valence-corrected chi connectivity index (χ0v) is 19.6. The molecule has 0 amide bonds. The van der Waals surface area contributed by atoms with Gasteiger partial charge in [-0.2, -0.15) is 0 Å². The van der Waals surface area contributed by atoms with Gasteiger partial charge in [-0.1, -0.05) is 60.7 Å². The Morgan fingerprint density at radius 1 is 0.839 bits per heavy atom. The fraction of sp³-hybridized carbons (Fsp3) is 0.370. The first-order valence-corrected chi connectivity index (χ1v) is 10.6. The molecule has 0 unspecified atom stereocenters. The Hall–Kier alpha value is -2.69. The minimum Gasteiger partial charge on any atom is -0.468 e. The Bertz CT molecular complexity index is 867. The Kier molecular flexibility index (Phi) is 9.70. The van der Waals surface area contributed by atoms with Gasteiger partial charge in [0.1, 0.15) is 6.04 Å². The van der Waals surface area contributed by atoms with Gasteiger partial charge in [0.2, 0.25) is 0 Å². The van der Waals surface area contributed by atoms with Crippen LogP contribution in [0, 0.1) is 27.7 Å². The summed E-state index contributed by atoms with van der Waals surface area (Å²) in [6.07, 6.45) is 8.35. The van der Waals surface area contributed by atoms with E-state index in [-0.39, 0.29) is 12.6 Å². The largest absolute Gasteiger partial charge is 0.468 e. The van der Waals surface area contributed by atoms with E-state index in [1.807, 2.05) is 0 Å². The quantitative estimate of drug-likeness (QED) is 0.498. The lowest BCUT2D eigenvalue weighted by molar-refractivity contribution is -0.148. The Morgan fingerprint density at radius 3 is 1.71 bits per heavy atom. The van der Waals surface area contributed by atoms with Crippen molar-refractivity contribution in [3.05, 3.63) is 81.9 Å². The average Bonchev–Trinajstić information content (AvgIpc) is 2.75. The van der Waals surface area contributed by atoms with Crippen LogP contribution >= 0.6 is 0 Å². The molecular weight excluding hydrogens is 386 g/mol. The fourth-order valence-electron chi connectivity index (χ4n) is 3.33. The molecule has 4 nitrogen and oxygen atoms in total. The van der Waals surface area contributed by atoms with Crippen LogP contribution in [0.5, 0.6) is 0 Å². The van der Waals surface area contributed by atoms with Crippen LogP contribution in [0.4, 0.5) is 0 Å². The summed E-state index contributed by atoms with van der Waals surface area (Å²) in [6.45, 7) is 9.93. The normalized spacial score (nSPS) is 12.7. The molecule has 0 aromatic heterocycles. The lowest BCUT2D eigenvalue weighted by Crippen LogP contribution is -2.45. The number of esters is 1. The summed E-state index contributed by atoms with van der Waals surface area (Å²) in [5.41, 5.74) is 7.39. The molecule has 0 N–H and O–H groups in total. The van der Waals surface area contributed by atoms with Crippen LogP contribution in [0.2, 0.25) is 0 Å². The topological polar surface area (TPSA) is 38.8 Å². The predicted octanol–water partition coefficient (Wildman–Crippen LogP) is 5.14. The van der Waals surface area contributed by atoms with Crippen molar-refractivity contribution in [3.63, 3.8) is 0 Å². The summed E-state index contributed by atoms with van der Waals surface area (Å²) in [5.74, 6) is -0.291. The number of hydrogen-bond acceptors (Lipinski definition) is 4. The number of hydrogen-bond donors (Lipinski definition) is 0. The summed E-state index contributed by atoms with van der Waals surface area (Å²) >= 11 is 0. The molecule has 0 saturated heterocycles. The number of carbonyl (C=O) groups is 1. The average molecular weight is 422 g/mol. The summed E-state index contributed by atoms with van der Waals surface area (Å²) in [5, 5.41) is 0. The molecule has 31 heavy (non-hydrogen) atoms. The molecule has 0 aliphatic heterocycles. The third-order valence-electron chi connectivity index (χ3n) is 5.60. The molecule has 0 spiro atoms. The van der Waals surface area contributed by atoms with Gasteiger partial charge in [0.05, 0.1) is 13.7 Å². The van der Waals surface area contributed by atoms with Crippen LogP contribution in [0.25, 0.3) is 12.2 Å². The van der Waals surface area contributed by atoms with E-state index in [1.165, 1.54) is 29.4 Å². The van der Waals surface area contributed by atoms with Crippen molar-refractivity contribution in [1.29, 1.82) is 0 Å². The number of methoxy groups -OCH3 is 2. The highest BCUT2D eigenvalue weighted by molar-refractivity contribution is 5.76. The molecule has 2 rings (SSSR count). The number of benzene rings is 2. The minimum atomic E-state index is -0.469. The van der Waals surface area contributed by atoms with Gasteiger partial charge < -0.3 is 9.47 Å². The number of rotatable bonds is 10. The Labute approximate surface area is 187 Å². The zero-order chi connectivity index (χ0) is 22.8. The van der Waals surface area contributed by atoms with Crippen molar-refractivity contribution in [1.82, 2.24) is 4.90 Å². The van der Waals surface area contributed by atoms with Gasteiger partial charge in [-0.3, -0.25) is 9.69 Å². The molecule has 1 atom stereocenters. The Balaban J connectivity index is 2.17. The summed E-state index contributed by atoms with van der Waals surface area (Å²) in [7, 11) is 3.02. The van der Waals surface area contributed by atoms with E-state index in [4.69, 9.17) is 9.47 Å². The second-order valence-corrected chi connectivity index (χ2v) is 7.94. The second kappa shape index (κ2) is 12.2. The van der Waals surface area contributed by atoms with Crippen molar-refractivity contribution in [2.75, 3.05) is 33.9 Å². The number of ether oxygens (including phenoxy) is 2. The smallest absolute Gasteiger partial charge is 0.325 e. The molecule has 0 saturated carbocycles. The standard InChI is InChI=1S/C27H35NO3/c1-20-11-13-24(17-22(20)3)9-7-15-28(26(19-30-5)27(29)31-6)16-8-10-25-14-12-21(2)23(4)18-25/h7-14,17-18,26H,15-16,19H2,1-6H3/b9-7+,10-8+/t26-/m0/s1. The van der Waals surface area contributed by atoms with Gasteiger partial charge in [-0.05, 0) is 61.1 Å². The van der Waals surface area contributed by atoms with Crippen LogP contribution < -0.4 is 0 Å². The van der Waals surface area contributed by atoms with E-state index in [9.17, 15) is 4.79 Å². The van der Waals surface area contributed by atoms with E-state index in [0.29, 0.717) is 13.1 Å². The van der Waals surface area contributed by atoms with Gasteiger partial charge in [-0.15, -0.1) is 0 Å². The van der Waals surface area contributed by atoms with Crippen LogP contribution in [0.3, 0.4) is 0 Å². The van der Waals surface area contributed by atoms with Crippen molar-refractivity contribution in [2.24, 2.45) is 0 Å². The first-order chi connectivity index (χ1) is 14.8. The summed E-state index contributed by atoms with van der Waals surface area (Å²) in [6, 6.07) is 12.3. The molecule has 0 aliphatic carbocycles. The molecule has 2 aromatic carbocycles. The van der Waals surface area contributed by atoms with Crippen LogP contribution in [0.1, 0.15) is 33.4 Å². The van der Waals surface area contributed by atoms with E-state index in [0.717, 1.165) is 11.1 Å². The predicted molar refractivity (Wildman–Crippen MR) is 129 cm³/mol. The maximum atomic E-state index is 12.4. The number of carbonyl (C=O) groups excluding carboxylic acids is 1. The SMILES string of the molecule is COC[C@@H](C(=O)OC)N(C/C=C/c1ccc(C)c(C)c1)C/C=C/c1ccc(C)c(C)c1. The molecule has 0 radical (unpaired) electrons. The maximum absolute atomic E-state index is 12.4. The van der Waals surface area contributed by atoms with Crippen molar-refractivity contribution < 1.29 is 14.3 Å². The number of nitrogens with zero attached hydrogens (tertiary/aromatic N) is 1.